The average molecular weight is 244 g/mol. The number of carboxylic acids is 1. The van der Waals surface area contributed by atoms with Crippen LogP contribution in [0.4, 0.5) is 0 Å². The van der Waals surface area contributed by atoms with Crippen LogP contribution in [-0.4, -0.2) is 45.3 Å². The molecule has 84 valence electrons. The Bertz CT molecular complexity index is 202. The Balaban J connectivity index is 0. The fourth-order valence-corrected chi connectivity index (χ4v) is 1.26. The van der Waals surface area contributed by atoms with E-state index in [0.717, 1.165) is 6.92 Å². The van der Waals surface area contributed by atoms with Gasteiger partial charge >= 0.3 is 5.97 Å². The first kappa shape index (κ1) is 16.0. The number of hydrogen-bond donors (Lipinski definition) is 2. The second kappa shape index (κ2) is 7.90. The molecule has 5 nitrogen and oxygen atoms in total. The zero-order chi connectivity index (χ0) is 10.4. The minimum Gasteiger partial charge on any atom is -0.480 e. The molecule has 14 heavy (non-hydrogen) atoms. The monoisotopic (exact) mass is 243 g/mol. The van der Waals surface area contributed by atoms with Crippen LogP contribution < -0.4 is 0 Å². The van der Waals surface area contributed by atoms with Crippen molar-refractivity contribution in [2.75, 3.05) is 12.0 Å². The maximum Gasteiger partial charge on any atom is 0.329 e. The molecule has 0 saturated heterocycles. The fraction of sp³-hybridized carbons (Fsp3) is 0.714. The second-order valence-corrected chi connectivity index (χ2v) is 3.48. The summed E-state index contributed by atoms with van der Waals surface area (Å²) in [4.78, 5) is 21.2. The number of aliphatic carboxylic acids is 1. The van der Waals surface area contributed by atoms with Crippen LogP contribution in [0.1, 0.15) is 13.3 Å². The molecule has 0 aromatic heterocycles. The lowest BCUT2D eigenvalue weighted by atomic mass is 10.2. The highest BCUT2D eigenvalue weighted by atomic mass is 35.5. The SMILES string of the molecule is CSCCC(C(=O)O)N(O)C(C)=O.Cl. The van der Waals surface area contributed by atoms with Gasteiger partial charge in [0.1, 0.15) is 0 Å². The van der Waals surface area contributed by atoms with Crippen molar-refractivity contribution in [3.05, 3.63) is 0 Å². The molecule has 1 atom stereocenters. The van der Waals surface area contributed by atoms with Crippen molar-refractivity contribution in [1.29, 1.82) is 0 Å². The summed E-state index contributed by atoms with van der Waals surface area (Å²) in [5.74, 6) is -1.26. The van der Waals surface area contributed by atoms with E-state index in [4.69, 9.17) is 10.3 Å². The van der Waals surface area contributed by atoms with Crippen LogP contribution >= 0.6 is 24.2 Å². The molecule has 7 heteroatoms. The lowest BCUT2D eigenvalue weighted by Crippen LogP contribution is -2.42. The molecule has 1 amide bonds. The highest BCUT2D eigenvalue weighted by molar-refractivity contribution is 7.98. The van der Waals surface area contributed by atoms with E-state index >= 15 is 0 Å². The fourth-order valence-electron chi connectivity index (χ4n) is 0.799. The van der Waals surface area contributed by atoms with Gasteiger partial charge in [-0.15, -0.1) is 12.4 Å². The molecule has 0 fully saturated rings. The average Bonchev–Trinajstić information content (AvgIpc) is 2.04. The number of amides is 1. The van der Waals surface area contributed by atoms with Crippen LogP contribution in [0, 0.1) is 0 Å². The Labute approximate surface area is 92.8 Å². The number of halogens is 1. The van der Waals surface area contributed by atoms with E-state index in [1.54, 1.807) is 0 Å². The molecule has 0 rings (SSSR count). The van der Waals surface area contributed by atoms with Gasteiger partial charge in [-0.2, -0.15) is 11.8 Å². The molecule has 1 unspecified atom stereocenters. The van der Waals surface area contributed by atoms with E-state index in [0.29, 0.717) is 5.75 Å². The molecule has 0 aliphatic carbocycles. The Hall–Kier alpha value is -0.460. The quantitative estimate of drug-likeness (QED) is 0.553. The van der Waals surface area contributed by atoms with Crippen LogP contribution in [0.2, 0.25) is 0 Å². The van der Waals surface area contributed by atoms with Crippen molar-refractivity contribution >= 4 is 36.0 Å². The summed E-state index contributed by atoms with van der Waals surface area (Å²) in [5, 5.41) is 18.0. The van der Waals surface area contributed by atoms with Gasteiger partial charge in [0.2, 0.25) is 5.91 Å². The Morgan fingerprint density at radius 3 is 2.29 bits per heavy atom. The smallest absolute Gasteiger partial charge is 0.329 e. The van der Waals surface area contributed by atoms with Crippen molar-refractivity contribution in [1.82, 2.24) is 5.06 Å². The molecule has 0 saturated carbocycles. The van der Waals surface area contributed by atoms with Gasteiger partial charge in [0.25, 0.3) is 0 Å². The van der Waals surface area contributed by atoms with Gasteiger partial charge in [0, 0.05) is 6.92 Å². The van der Waals surface area contributed by atoms with Crippen LogP contribution in [0.15, 0.2) is 0 Å². The second-order valence-electron chi connectivity index (χ2n) is 2.50. The first-order chi connectivity index (χ1) is 6.00. The molecule has 0 aliphatic rings. The Morgan fingerprint density at radius 1 is 1.50 bits per heavy atom. The molecule has 0 radical (unpaired) electrons. The van der Waals surface area contributed by atoms with Gasteiger partial charge in [0.15, 0.2) is 6.04 Å². The van der Waals surface area contributed by atoms with Crippen LogP contribution in [0.5, 0.6) is 0 Å². The third-order valence-corrected chi connectivity index (χ3v) is 2.14. The first-order valence-corrected chi connectivity index (χ1v) is 5.10. The first-order valence-electron chi connectivity index (χ1n) is 3.71. The van der Waals surface area contributed by atoms with Crippen molar-refractivity contribution in [2.45, 2.75) is 19.4 Å². The minimum atomic E-state index is -1.19. The number of rotatable bonds is 5. The molecular weight excluding hydrogens is 230 g/mol. The Kier molecular flexibility index (Phi) is 9.02. The summed E-state index contributed by atoms with van der Waals surface area (Å²) < 4.78 is 0. The molecule has 0 aromatic rings. The standard InChI is InChI=1S/C7H13NO4S.ClH/c1-5(9)8(12)6(7(10)11)3-4-13-2;/h6,12H,3-4H2,1-2H3,(H,10,11);1H. The summed E-state index contributed by atoms with van der Waals surface area (Å²) in [6.45, 7) is 1.12. The van der Waals surface area contributed by atoms with Gasteiger partial charge in [-0.3, -0.25) is 10.0 Å². The number of carbonyl (C=O) groups excluding carboxylic acids is 1. The maximum absolute atomic E-state index is 10.7. The number of carbonyl (C=O) groups is 2. The van der Waals surface area contributed by atoms with Crippen LogP contribution in [0.25, 0.3) is 0 Å². The lowest BCUT2D eigenvalue weighted by Gasteiger charge is -2.20. The van der Waals surface area contributed by atoms with Crippen molar-refractivity contribution < 1.29 is 19.9 Å². The molecule has 2 N–H and O–H groups in total. The van der Waals surface area contributed by atoms with E-state index in [1.807, 2.05) is 6.26 Å². The van der Waals surface area contributed by atoms with Gasteiger partial charge in [-0.25, -0.2) is 9.86 Å². The predicted octanol–water partition coefficient (Wildman–Crippen LogP) is 0.852. The lowest BCUT2D eigenvalue weighted by molar-refractivity contribution is -0.184. The summed E-state index contributed by atoms with van der Waals surface area (Å²) in [7, 11) is 0. The largest absolute Gasteiger partial charge is 0.480 e. The Morgan fingerprint density at radius 2 is 2.00 bits per heavy atom. The zero-order valence-corrected chi connectivity index (χ0v) is 9.60. The number of carboxylic acid groups (broad SMARTS) is 1. The highest BCUT2D eigenvalue weighted by Crippen LogP contribution is 2.06. The molecular formula is C7H14ClNO4S. The van der Waals surface area contributed by atoms with Gasteiger partial charge in [-0.05, 0) is 18.4 Å². The van der Waals surface area contributed by atoms with E-state index in [2.05, 4.69) is 0 Å². The topological polar surface area (TPSA) is 77.8 Å². The van der Waals surface area contributed by atoms with Crippen molar-refractivity contribution in [3.8, 4) is 0 Å². The number of nitrogens with zero attached hydrogens (tertiary/aromatic N) is 1. The van der Waals surface area contributed by atoms with E-state index in [1.165, 1.54) is 11.8 Å². The summed E-state index contributed by atoms with van der Waals surface area (Å²) in [5.41, 5.74) is 0. The molecule has 0 bridgehead atoms. The van der Waals surface area contributed by atoms with Crippen molar-refractivity contribution in [3.63, 3.8) is 0 Å². The zero-order valence-electron chi connectivity index (χ0n) is 7.97. The maximum atomic E-state index is 10.7. The van der Waals surface area contributed by atoms with E-state index < -0.39 is 17.9 Å². The molecule has 0 spiro atoms. The number of hydrogen-bond acceptors (Lipinski definition) is 4. The van der Waals surface area contributed by atoms with Crippen LogP contribution in [-0.2, 0) is 9.59 Å². The van der Waals surface area contributed by atoms with Gasteiger partial charge < -0.3 is 5.11 Å². The van der Waals surface area contributed by atoms with E-state index in [-0.39, 0.29) is 23.9 Å². The van der Waals surface area contributed by atoms with E-state index in [9.17, 15) is 9.59 Å². The summed E-state index contributed by atoms with van der Waals surface area (Å²) in [6.07, 6.45) is 2.07. The van der Waals surface area contributed by atoms with Crippen molar-refractivity contribution in [2.24, 2.45) is 0 Å². The molecule has 0 aliphatic heterocycles. The predicted molar refractivity (Wildman–Crippen MR) is 56.0 cm³/mol. The summed E-state index contributed by atoms with van der Waals surface area (Å²) in [6, 6.07) is -1.13. The highest BCUT2D eigenvalue weighted by Gasteiger charge is 2.25. The number of hydroxylamine groups is 2. The minimum absolute atomic E-state index is 0. The molecule has 0 heterocycles. The third-order valence-electron chi connectivity index (χ3n) is 1.50. The normalized spacial score (nSPS) is 11.4. The summed E-state index contributed by atoms with van der Waals surface area (Å²) >= 11 is 1.46. The third kappa shape index (κ3) is 5.31. The van der Waals surface area contributed by atoms with Crippen LogP contribution in [0.3, 0.4) is 0 Å². The van der Waals surface area contributed by atoms with Gasteiger partial charge in [-0.1, -0.05) is 0 Å². The van der Waals surface area contributed by atoms with Gasteiger partial charge in [0.05, 0.1) is 0 Å². The number of thioether (sulfide) groups is 1. The molecule has 0 aromatic carbocycles.